The Morgan fingerprint density at radius 2 is 2.00 bits per heavy atom. The van der Waals surface area contributed by atoms with Crippen molar-refractivity contribution in [2.24, 2.45) is 0 Å². The molecular weight excluding hydrogens is 316 g/mol. The molecule has 1 aliphatic heterocycles. The van der Waals surface area contributed by atoms with E-state index in [-0.39, 0.29) is 24.2 Å². The second kappa shape index (κ2) is 6.40. The number of halogens is 1. The average molecular weight is 331 g/mol. The fourth-order valence-corrected chi connectivity index (χ4v) is 2.97. The number of hydrogen-bond donors (Lipinski definition) is 2. The number of benzene rings is 2. The molecule has 1 heterocycles. The summed E-state index contributed by atoms with van der Waals surface area (Å²) < 4.78 is 0. The number of amides is 1. The molecule has 1 saturated heterocycles. The lowest BCUT2D eigenvalue weighted by Crippen LogP contribution is -2.27. The molecular formula is C17H15ClN2O3. The lowest BCUT2D eigenvalue weighted by molar-refractivity contribution is -0.118. The van der Waals surface area contributed by atoms with E-state index in [0.717, 1.165) is 5.56 Å². The van der Waals surface area contributed by atoms with Crippen LogP contribution in [0.5, 0.6) is 0 Å². The van der Waals surface area contributed by atoms with E-state index in [4.69, 9.17) is 16.7 Å². The molecule has 2 N–H and O–H groups in total. The number of aromatic carboxylic acids is 1. The topological polar surface area (TPSA) is 69.6 Å². The Kier molecular flexibility index (Phi) is 4.32. The summed E-state index contributed by atoms with van der Waals surface area (Å²) in [6.07, 6.45) is -0.363. The number of carbonyl (C=O) groups excluding carboxylic acids is 1. The summed E-state index contributed by atoms with van der Waals surface area (Å²) in [6, 6.07) is 14.4. The van der Waals surface area contributed by atoms with Crippen molar-refractivity contribution in [2.45, 2.75) is 12.7 Å². The maximum Gasteiger partial charge on any atom is 0.335 e. The van der Waals surface area contributed by atoms with Gasteiger partial charge in [0.15, 0.2) is 0 Å². The minimum absolute atomic E-state index is 0.0793. The van der Waals surface area contributed by atoms with Crippen LogP contribution in [0.25, 0.3) is 0 Å². The average Bonchev–Trinajstić information content (AvgIpc) is 2.88. The molecule has 3 rings (SSSR count). The number of rotatable bonds is 4. The monoisotopic (exact) mass is 330 g/mol. The summed E-state index contributed by atoms with van der Waals surface area (Å²) in [5.41, 5.74) is 1.91. The quantitative estimate of drug-likeness (QED) is 0.904. The Morgan fingerprint density at radius 3 is 2.65 bits per heavy atom. The molecule has 0 aromatic heterocycles. The summed E-state index contributed by atoms with van der Waals surface area (Å²) in [5.74, 6) is -1.11. The van der Waals surface area contributed by atoms with E-state index in [1.807, 2.05) is 35.2 Å². The Morgan fingerprint density at radius 1 is 1.26 bits per heavy atom. The molecule has 1 aliphatic rings. The van der Waals surface area contributed by atoms with Crippen molar-refractivity contribution in [2.75, 3.05) is 6.54 Å². The molecule has 0 saturated carbocycles. The van der Waals surface area contributed by atoms with Crippen LogP contribution in [0.1, 0.15) is 27.7 Å². The van der Waals surface area contributed by atoms with Crippen molar-refractivity contribution in [3.05, 3.63) is 70.2 Å². The Labute approximate surface area is 138 Å². The minimum atomic E-state index is -1.03. The molecule has 0 bridgehead atoms. The van der Waals surface area contributed by atoms with E-state index < -0.39 is 5.97 Å². The fourth-order valence-electron chi connectivity index (χ4n) is 2.69. The van der Waals surface area contributed by atoms with Crippen LogP contribution in [0.3, 0.4) is 0 Å². The zero-order valence-electron chi connectivity index (χ0n) is 12.2. The molecule has 0 spiro atoms. The fraction of sp³-hybridized carbons (Fsp3) is 0.176. The van der Waals surface area contributed by atoms with Crippen LogP contribution >= 0.6 is 11.6 Å². The molecule has 2 aromatic carbocycles. The van der Waals surface area contributed by atoms with Gasteiger partial charge in [-0.25, -0.2) is 4.79 Å². The zero-order chi connectivity index (χ0) is 16.4. The van der Waals surface area contributed by atoms with Gasteiger partial charge in [-0.3, -0.25) is 9.69 Å². The van der Waals surface area contributed by atoms with Gasteiger partial charge in [-0.2, -0.15) is 0 Å². The summed E-state index contributed by atoms with van der Waals surface area (Å²) in [4.78, 5) is 24.8. The van der Waals surface area contributed by atoms with Crippen molar-refractivity contribution < 1.29 is 14.7 Å². The van der Waals surface area contributed by atoms with Gasteiger partial charge < -0.3 is 10.4 Å². The highest BCUT2D eigenvalue weighted by molar-refractivity contribution is 6.31. The smallest absolute Gasteiger partial charge is 0.335 e. The van der Waals surface area contributed by atoms with E-state index >= 15 is 0 Å². The molecule has 5 nitrogen and oxygen atoms in total. The van der Waals surface area contributed by atoms with Crippen molar-refractivity contribution in [3.8, 4) is 0 Å². The summed E-state index contributed by atoms with van der Waals surface area (Å²) in [5, 5.41) is 12.2. The third kappa shape index (κ3) is 3.36. The largest absolute Gasteiger partial charge is 0.478 e. The van der Waals surface area contributed by atoms with Crippen molar-refractivity contribution >= 4 is 23.5 Å². The lowest BCUT2D eigenvalue weighted by atomic mass is 10.1. The normalized spacial score (nSPS) is 18.0. The van der Waals surface area contributed by atoms with Gasteiger partial charge in [0.1, 0.15) is 6.17 Å². The first-order valence-corrected chi connectivity index (χ1v) is 7.52. The second-order valence-corrected chi connectivity index (χ2v) is 5.81. The highest BCUT2D eigenvalue weighted by atomic mass is 35.5. The van der Waals surface area contributed by atoms with Crippen LogP contribution in [0.15, 0.2) is 48.5 Å². The maximum absolute atomic E-state index is 11.8. The van der Waals surface area contributed by atoms with Crippen molar-refractivity contribution in [3.63, 3.8) is 0 Å². The van der Waals surface area contributed by atoms with Crippen LogP contribution in [-0.4, -0.2) is 28.4 Å². The first-order chi connectivity index (χ1) is 11.0. The third-order valence-electron chi connectivity index (χ3n) is 3.78. The van der Waals surface area contributed by atoms with Gasteiger partial charge in [0, 0.05) is 17.1 Å². The molecule has 2 aromatic rings. The van der Waals surface area contributed by atoms with Crippen molar-refractivity contribution in [1.82, 2.24) is 10.2 Å². The number of nitrogens with zero attached hydrogens (tertiary/aromatic N) is 1. The second-order valence-electron chi connectivity index (χ2n) is 5.40. The van der Waals surface area contributed by atoms with Crippen molar-refractivity contribution in [1.29, 1.82) is 0 Å². The number of nitrogens with one attached hydrogen (secondary N) is 1. The molecule has 1 unspecified atom stereocenters. The van der Waals surface area contributed by atoms with Gasteiger partial charge in [0.05, 0.1) is 12.1 Å². The van der Waals surface area contributed by atoms with Crippen LogP contribution < -0.4 is 5.32 Å². The Balaban J connectivity index is 1.87. The van der Waals surface area contributed by atoms with Crippen LogP contribution in [0.2, 0.25) is 5.02 Å². The SMILES string of the molecule is O=C1CN(Cc2ccccc2)C(c2ccc(C(=O)O)cc2Cl)N1. The van der Waals surface area contributed by atoms with Crippen LogP contribution in [0.4, 0.5) is 0 Å². The molecule has 6 heteroatoms. The molecule has 118 valence electrons. The lowest BCUT2D eigenvalue weighted by Gasteiger charge is -2.24. The first kappa shape index (κ1) is 15.5. The van der Waals surface area contributed by atoms with Crippen LogP contribution in [-0.2, 0) is 11.3 Å². The number of carboxylic acid groups (broad SMARTS) is 1. The van der Waals surface area contributed by atoms with E-state index in [2.05, 4.69) is 5.32 Å². The van der Waals surface area contributed by atoms with Gasteiger partial charge in [-0.1, -0.05) is 48.0 Å². The highest BCUT2D eigenvalue weighted by Gasteiger charge is 2.32. The molecule has 23 heavy (non-hydrogen) atoms. The molecule has 1 amide bonds. The number of hydrogen-bond acceptors (Lipinski definition) is 3. The highest BCUT2D eigenvalue weighted by Crippen LogP contribution is 2.30. The third-order valence-corrected chi connectivity index (χ3v) is 4.11. The predicted molar refractivity (Wildman–Crippen MR) is 86.1 cm³/mol. The number of carboxylic acids is 1. The molecule has 1 atom stereocenters. The Bertz CT molecular complexity index is 749. The van der Waals surface area contributed by atoms with Gasteiger partial charge in [0.25, 0.3) is 0 Å². The molecule has 0 radical (unpaired) electrons. The van der Waals surface area contributed by atoms with E-state index in [0.29, 0.717) is 17.1 Å². The van der Waals surface area contributed by atoms with Gasteiger partial charge >= 0.3 is 5.97 Å². The van der Waals surface area contributed by atoms with Gasteiger partial charge in [-0.05, 0) is 17.7 Å². The summed E-state index contributed by atoms with van der Waals surface area (Å²) in [7, 11) is 0. The summed E-state index contributed by atoms with van der Waals surface area (Å²) in [6.45, 7) is 0.873. The minimum Gasteiger partial charge on any atom is -0.478 e. The van der Waals surface area contributed by atoms with Gasteiger partial charge in [-0.15, -0.1) is 0 Å². The zero-order valence-corrected chi connectivity index (χ0v) is 13.0. The van der Waals surface area contributed by atoms with Gasteiger partial charge in [0.2, 0.25) is 5.91 Å². The van der Waals surface area contributed by atoms with E-state index in [1.54, 1.807) is 6.07 Å². The standard InChI is InChI=1S/C17H15ClN2O3/c18-14-8-12(17(22)23)6-7-13(14)16-19-15(21)10-20(16)9-11-4-2-1-3-5-11/h1-8,16H,9-10H2,(H,19,21)(H,22,23). The van der Waals surface area contributed by atoms with E-state index in [1.165, 1.54) is 12.1 Å². The van der Waals surface area contributed by atoms with Crippen LogP contribution in [0, 0.1) is 0 Å². The summed E-state index contributed by atoms with van der Waals surface area (Å²) >= 11 is 6.23. The molecule has 1 fully saturated rings. The maximum atomic E-state index is 11.8. The Hall–Kier alpha value is -2.37. The number of carbonyl (C=O) groups is 2. The van der Waals surface area contributed by atoms with E-state index in [9.17, 15) is 9.59 Å². The first-order valence-electron chi connectivity index (χ1n) is 7.14. The molecule has 0 aliphatic carbocycles. The predicted octanol–water partition coefficient (Wildman–Crippen LogP) is 2.67.